The first-order chi connectivity index (χ1) is 8.22. The van der Waals surface area contributed by atoms with E-state index in [9.17, 15) is 4.79 Å². The van der Waals surface area contributed by atoms with Gasteiger partial charge in [0.15, 0.2) is 0 Å². The van der Waals surface area contributed by atoms with E-state index in [1.54, 1.807) is 0 Å². The van der Waals surface area contributed by atoms with Gasteiger partial charge in [-0.05, 0) is 25.7 Å². The van der Waals surface area contributed by atoms with Crippen molar-refractivity contribution in [3.63, 3.8) is 0 Å². The number of morpholine rings is 1. The lowest BCUT2D eigenvalue weighted by Crippen LogP contribution is -2.51. The Kier molecular flexibility index (Phi) is 4.40. The van der Waals surface area contributed by atoms with Gasteiger partial charge in [0.25, 0.3) is 0 Å². The van der Waals surface area contributed by atoms with E-state index in [1.165, 1.54) is 0 Å². The molecule has 1 aliphatic heterocycles. The van der Waals surface area contributed by atoms with Gasteiger partial charge in [-0.2, -0.15) is 0 Å². The summed E-state index contributed by atoms with van der Waals surface area (Å²) in [6.45, 7) is 4.25. The summed E-state index contributed by atoms with van der Waals surface area (Å²) in [6, 6.07) is 0.494. The standard InChI is InChI=1S/C13H24N2O2/c1-2-12-9-17-7-6-15(12)13(16)10-4-3-5-11(14)8-10/h10-12H,2-9,14H2,1H3/t10-,11+,12-/m1/s1. The van der Waals surface area contributed by atoms with Crippen LogP contribution in [0.1, 0.15) is 39.0 Å². The Balaban J connectivity index is 1.97. The normalized spacial score (nSPS) is 34.7. The van der Waals surface area contributed by atoms with Crippen molar-refractivity contribution in [3.05, 3.63) is 0 Å². The van der Waals surface area contributed by atoms with E-state index in [0.717, 1.165) is 38.6 Å². The van der Waals surface area contributed by atoms with E-state index in [0.29, 0.717) is 19.1 Å². The van der Waals surface area contributed by atoms with Gasteiger partial charge in [-0.1, -0.05) is 13.3 Å². The van der Waals surface area contributed by atoms with Crippen molar-refractivity contribution < 1.29 is 9.53 Å². The first-order valence-corrected chi connectivity index (χ1v) is 6.86. The Bertz CT molecular complexity index is 270. The van der Waals surface area contributed by atoms with Crippen molar-refractivity contribution in [2.75, 3.05) is 19.8 Å². The van der Waals surface area contributed by atoms with Gasteiger partial charge in [0, 0.05) is 18.5 Å². The third-order valence-electron chi connectivity index (χ3n) is 4.05. The molecule has 2 fully saturated rings. The summed E-state index contributed by atoms with van der Waals surface area (Å²) in [5.74, 6) is 0.473. The summed E-state index contributed by atoms with van der Waals surface area (Å²) in [5, 5.41) is 0. The van der Waals surface area contributed by atoms with Crippen LogP contribution in [-0.2, 0) is 9.53 Å². The highest BCUT2D eigenvalue weighted by Gasteiger charge is 2.33. The van der Waals surface area contributed by atoms with E-state index in [2.05, 4.69) is 6.92 Å². The third kappa shape index (κ3) is 2.99. The van der Waals surface area contributed by atoms with Crippen molar-refractivity contribution in [1.29, 1.82) is 0 Å². The lowest BCUT2D eigenvalue weighted by molar-refractivity contribution is -0.145. The van der Waals surface area contributed by atoms with Crippen molar-refractivity contribution in [2.45, 2.75) is 51.1 Å². The molecule has 0 aromatic rings. The molecule has 0 aromatic heterocycles. The Labute approximate surface area is 103 Å². The number of amides is 1. The van der Waals surface area contributed by atoms with E-state index >= 15 is 0 Å². The molecule has 0 bridgehead atoms. The fourth-order valence-corrected chi connectivity index (χ4v) is 2.97. The summed E-state index contributed by atoms with van der Waals surface area (Å²) in [7, 11) is 0. The number of hydrogen-bond donors (Lipinski definition) is 1. The minimum absolute atomic E-state index is 0.158. The fourth-order valence-electron chi connectivity index (χ4n) is 2.97. The van der Waals surface area contributed by atoms with Crippen LogP contribution in [0.15, 0.2) is 0 Å². The molecular weight excluding hydrogens is 216 g/mol. The number of nitrogens with zero attached hydrogens (tertiary/aromatic N) is 1. The zero-order valence-electron chi connectivity index (χ0n) is 10.7. The quantitative estimate of drug-likeness (QED) is 0.787. The van der Waals surface area contributed by atoms with Crippen LogP contribution in [0.25, 0.3) is 0 Å². The minimum Gasteiger partial charge on any atom is -0.377 e. The maximum absolute atomic E-state index is 12.5. The van der Waals surface area contributed by atoms with Gasteiger partial charge >= 0.3 is 0 Å². The van der Waals surface area contributed by atoms with Gasteiger partial charge in [0.1, 0.15) is 0 Å². The second kappa shape index (κ2) is 5.83. The Hall–Kier alpha value is -0.610. The predicted molar refractivity (Wildman–Crippen MR) is 66.5 cm³/mol. The van der Waals surface area contributed by atoms with Crippen LogP contribution in [0.3, 0.4) is 0 Å². The monoisotopic (exact) mass is 240 g/mol. The van der Waals surface area contributed by atoms with Crippen LogP contribution in [0.5, 0.6) is 0 Å². The van der Waals surface area contributed by atoms with Gasteiger partial charge < -0.3 is 15.4 Å². The van der Waals surface area contributed by atoms with E-state index in [-0.39, 0.29) is 18.0 Å². The number of hydrogen-bond acceptors (Lipinski definition) is 3. The summed E-state index contributed by atoms with van der Waals surface area (Å²) in [5.41, 5.74) is 5.96. The molecule has 1 saturated heterocycles. The topological polar surface area (TPSA) is 55.6 Å². The largest absolute Gasteiger partial charge is 0.377 e. The third-order valence-corrected chi connectivity index (χ3v) is 4.05. The van der Waals surface area contributed by atoms with E-state index in [4.69, 9.17) is 10.5 Å². The van der Waals surface area contributed by atoms with Crippen LogP contribution >= 0.6 is 0 Å². The number of ether oxygens (including phenoxy) is 1. The molecule has 0 radical (unpaired) electrons. The molecule has 0 aromatic carbocycles. The Morgan fingerprint density at radius 2 is 2.29 bits per heavy atom. The zero-order valence-corrected chi connectivity index (χ0v) is 10.7. The number of nitrogens with two attached hydrogens (primary N) is 1. The number of rotatable bonds is 2. The molecule has 3 atom stereocenters. The highest BCUT2D eigenvalue weighted by atomic mass is 16.5. The van der Waals surface area contributed by atoms with Crippen molar-refractivity contribution >= 4 is 5.91 Å². The van der Waals surface area contributed by atoms with Crippen LogP contribution in [0, 0.1) is 5.92 Å². The van der Waals surface area contributed by atoms with Crippen molar-refractivity contribution in [3.8, 4) is 0 Å². The maximum atomic E-state index is 12.5. The van der Waals surface area contributed by atoms with Gasteiger partial charge in [0.2, 0.25) is 5.91 Å². The molecule has 1 amide bonds. The molecule has 1 aliphatic carbocycles. The van der Waals surface area contributed by atoms with Crippen molar-refractivity contribution in [2.24, 2.45) is 11.7 Å². The minimum atomic E-state index is 0.158. The van der Waals surface area contributed by atoms with Crippen LogP contribution in [0.2, 0.25) is 0 Å². The molecule has 98 valence electrons. The average Bonchev–Trinajstić information content (AvgIpc) is 2.38. The molecule has 0 unspecified atom stereocenters. The summed E-state index contributed by atoms with van der Waals surface area (Å²) >= 11 is 0. The molecular formula is C13H24N2O2. The fraction of sp³-hybridized carbons (Fsp3) is 0.923. The molecule has 4 nitrogen and oxygen atoms in total. The lowest BCUT2D eigenvalue weighted by Gasteiger charge is -2.38. The molecule has 4 heteroatoms. The van der Waals surface area contributed by atoms with Crippen LogP contribution in [0.4, 0.5) is 0 Å². The molecule has 1 heterocycles. The Morgan fingerprint density at radius 1 is 1.47 bits per heavy atom. The highest BCUT2D eigenvalue weighted by Crippen LogP contribution is 2.26. The van der Waals surface area contributed by atoms with E-state index in [1.807, 2.05) is 4.90 Å². The second-order valence-electron chi connectivity index (χ2n) is 5.29. The number of carbonyl (C=O) groups is 1. The highest BCUT2D eigenvalue weighted by molar-refractivity contribution is 5.79. The van der Waals surface area contributed by atoms with Gasteiger partial charge in [0.05, 0.1) is 19.3 Å². The zero-order chi connectivity index (χ0) is 12.3. The summed E-state index contributed by atoms with van der Waals surface area (Å²) in [4.78, 5) is 14.5. The predicted octanol–water partition coefficient (Wildman–Crippen LogP) is 1.14. The van der Waals surface area contributed by atoms with Gasteiger partial charge in [-0.3, -0.25) is 4.79 Å². The molecule has 2 aliphatic rings. The van der Waals surface area contributed by atoms with Crippen LogP contribution in [-0.4, -0.2) is 42.6 Å². The van der Waals surface area contributed by atoms with Gasteiger partial charge in [-0.15, -0.1) is 0 Å². The molecule has 17 heavy (non-hydrogen) atoms. The first kappa shape index (κ1) is 12.8. The smallest absolute Gasteiger partial charge is 0.226 e. The molecule has 2 rings (SSSR count). The van der Waals surface area contributed by atoms with E-state index < -0.39 is 0 Å². The number of carbonyl (C=O) groups excluding carboxylic acids is 1. The molecule has 1 saturated carbocycles. The average molecular weight is 240 g/mol. The summed E-state index contributed by atoms with van der Waals surface area (Å²) in [6.07, 6.45) is 5.03. The first-order valence-electron chi connectivity index (χ1n) is 6.86. The SMILES string of the molecule is CC[C@@H]1COCCN1C(=O)[C@@H]1CCC[C@H](N)C1. The molecule has 2 N–H and O–H groups in total. The summed E-state index contributed by atoms with van der Waals surface area (Å²) < 4.78 is 5.44. The lowest BCUT2D eigenvalue weighted by atomic mass is 9.85. The van der Waals surface area contributed by atoms with Crippen LogP contribution < -0.4 is 5.73 Å². The second-order valence-corrected chi connectivity index (χ2v) is 5.29. The Morgan fingerprint density at radius 3 is 3.00 bits per heavy atom. The van der Waals surface area contributed by atoms with Gasteiger partial charge in [-0.25, -0.2) is 0 Å². The van der Waals surface area contributed by atoms with Crippen molar-refractivity contribution in [1.82, 2.24) is 4.90 Å². The maximum Gasteiger partial charge on any atom is 0.226 e. The molecule has 0 spiro atoms.